The van der Waals surface area contributed by atoms with Gasteiger partial charge in [-0.3, -0.25) is 0 Å². The predicted octanol–water partition coefficient (Wildman–Crippen LogP) is 8.61. The number of nitrogens with zero attached hydrogens (tertiary/aromatic N) is 1. The quantitative estimate of drug-likeness (QED) is 0.246. The van der Waals surface area contributed by atoms with Gasteiger partial charge in [0.2, 0.25) is 0 Å². The van der Waals surface area contributed by atoms with Crippen molar-refractivity contribution in [2.24, 2.45) is 0 Å². The van der Waals surface area contributed by atoms with Crippen LogP contribution in [-0.4, -0.2) is 21.1 Å². The summed E-state index contributed by atoms with van der Waals surface area (Å²) in [6, 6.07) is 11.2. The Morgan fingerprint density at radius 2 is 1.75 bits per heavy atom. The van der Waals surface area contributed by atoms with Crippen LogP contribution in [-0.2, 0) is 0 Å². The number of aromatic amines is 1. The number of hydrogen-bond donors (Lipinski definition) is 3. The van der Waals surface area contributed by atoms with Crippen molar-refractivity contribution in [3.63, 3.8) is 0 Å². The summed E-state index contributed by atoms with van der Waals surface area (Å²) in [6.07, 6.45) is 17.7. The monoisotopic (exact) mass is 503 g/mol. The Morgan fingerprint density at radius 3 is 2.31 bits per heavy atom. The van der Waals surface area contributed by atoms with Crippen molar-refractivity contribution in [1.82, 2.24) is 15.3 Å². The number of aryl methyl sites for hydroxylation is 2. The first kappa shape index (κ1) is 30.3. The van der Waals surface area contributed by atoms with Crippen LogP contribution < -0.4 is 5.32 Å². The molecule has 1 atom stereocenters. The van der Waals surface area contributed by atoms with Gasteiger partial charge in [0.25, 0.3) is 0 Å². The lowest BCUT2D eigenvalue weighted by atomic mass is 10.0. The van der Waals surface area contributed by atoms with E-state index in [4.69, 9.17) is 16.7 Å². The van der Waals surface area contributed by atoms with Gasteiger partial charge in [0.05, 0.1) is 22.1 Å². The average molecular weight is 504 g/mol. The van der Waals surface area contributed by atoms with Crippen molar-refractivity contribution in [3.05, 3.63) is 126 Å². The minimum Gasteiger partial charge on any atom is -0.508 e. The first-order valence-electron chi connectivity index (χ1n) is 12.0. The number of dihydropyridines is 1. The summed E-state index contributed by atoms with van der Waals surface area (Å²) < 4.78 is 0. The molecule has 0 saturated carbocycles. The first-order chi connectivity index (χ1) is 17.4. The maximum absolute atomic E-state index is 8.76. The molecular weight excluding hydrogens is 466 g/mol. The molecule has 0 bridgehead atoms. The van der Waals surface area contributed by atoms with Crippen LogP contribution in [0.1, 0.15) is 37.7 Å². The van der Waals surface area contributed by atoms with Gasteiger partial charge in [-0.05, 0) is 62.9 Å². The van der Waals surface area contributed by atoms with Gasteiger partial charge in [-0.1, -0.05) is 92.3 Å². The summed E-state index contributed by atoms with van der Waals surface area (Å²) in [5, 5.41) is 12.7. The number of allylic oxidation sites excluding steroid dienone is 7. The Bertz CT molecular complexity index is 1190. The third-order valence-corrected chi connectivity index (χ3v) is 4.98. The number of aromatic nitrogens is 2. The Balaban J connectivity index is 0.000000414. The summed E-state index contributed by atoms with van der Waals surface area (Å²) in [4.78, 5) is 7.66. The molecule has 0 amide bonds. The Hall–Kier alpha value is -3.76. The van der Waals surface area contributed by atoms with E-state index >= 15 is 0 Å². The zero-order valence-electron chi connectivity index (χ0n) is 21.9. The minimum atomic E-state index is 0.203. The van der Waals surface area contributed by atoms with E-state index in [2.05, 4.69) is 40.6 Å². The highest BCUT2D eigenvalue weighted by molar-refractivity contribution is 6.33. The van der Waals surface area contributed by atoms with Crippen LogP contribution in [0.4, 0.5) is 0 Å². The normalized spacial score (nSPS) is 13.9. The molecule has 1 aromatic heterocycles. The molecule has 1 aliphatic rings. The summed E-state index contributed by atoms with van der Waals surface area (Å²) in [6.45, 7) is 17.1. The maximum Gasteiger partial charge on any atom is 0.115 e. The van der Waals surface area contributed by atoms with Gasteiger partial charge in [0.15, 0.2) is 0 Å². The summed E-state index contributed by atoms with van der Waals surface area (Å²) >= 11 is 6.42. The van der Waals surface area contributed by atoms with E-state index in [0.717, 1.165) is 28.0 Å². The highest BCUT2D eigenvalue weighted by Crippen LogP contribution is 2.29. The highest BCUT2D eigenvalue weighted by Gasteiger charge is 2.08. The Kier molecular flexibility index (Phi) is 14.1. The van der Waals surface area contributed by atoms with Crippen LogP contribution in [0.15, 0.2) is 104 Å². The molecule has 0 saturated heterocycles. The molecule has 5 heteroatoms. The number of phenols is 1. The average Bonchev–Trinajstić information content (AvgIpc) is 3.25. The highest BCUT2D eigenvalue weighted by atomic mass is 35.5. The summed E-state index contributed by atoms with van der Waals surface area (Å²) in [7, 11) is 0. The third-order valence-electron chi connectivity index (χ3n) is 4.66. The number of imidazole rings is 1. The summed E-state index contributed by atoms with van der Waals surface area (Å²) in [5.74, 6) is 1.20. The van der Waals surface area contributed by atoms with Gasteiger partial charge in [-0.2, -0.15) is 0 Å². The Labute approximate surface area is 221 Å². The third kappa shape index (κ3) is 10.2. The predicted molar refractivity (Wildman–Crippen MR) is 158 cm³/mol. The summed E-state index contributed by atoms with van der Waals surface area (Å²) in [5.41, 5.74) is 4.91. The molecule has 190 valence electrons. The number of phenolic OH excluding ortho intramolecular Hbond substituents is 1. The van der Waals surface area contributed by atoms with Crippen molar-refractivity contribution >= 4 is 28.2 Å². The maximum atomic E-state index is 8.76. The minimum absolute atomic E-state index is 0.203. The van der Waals surface area contributed by atoms with Crippen molar-refractivity contribution in [2.75, 3.05) is 0 Å². The lowest BCUT2D eigenvalue weighted by molar-refractivity contribution is 0.475. The SMILES string of the molecule is C=C/C(=C\C=C\C1C=CC=CN1)c1cc2nc(C)[nH]c2cc1Cl.C=CC.CC.Cc1ccc(O)cc1. The molecule has 3 aromatic rings. The molecule has 4 rings (SSSR count). The van der Waals surface area contributed by atoms with Gasteiger partial charge >= 0.3 is 0 Å². The van der Waals surface area contributed by atoms with E-state index in [9.17, 15) is 0 Å². The molecule has 0 fully saturated rings. The topological polar surface area (TPSA) is 60.9 Å². The molecule has 1 aliphatic heterocycles. The first-order valence-corrected chi connectivity index (χ1v) is 12.3. The van der Waals surface area contributed by atoms with E-state index in [1.54, 1.807) is 24.3 Å². The van der Waals surface area contributed by atoms with E-state index in [-0.39, 0.29) is 6.04 Å². The zero-order chi connectivity index (χ0) is 26.9. The zero-order valence-corrected chi connectivity index (χ0v) is 22.7. The van der Waals surface area contributed by atoms with Crippen LogP contribution >= 0.6 is 11.6 Å². The number of H-pyrrole nitrogens is 1. The fourth-order valence-electron chi connectivity index (χ4n) is 3.05. The van der Waals surface area contributed by atoms with Crippen LogP contribution in [0, 0.1) is 13.8 Å². The Morgan fingerprint density at radius 1 is 1.08 bits per heavy atom. The van der Waals surface area contributed by atoms with E-state index in [1.807, 2.05) is 89.4 Å². The van der Waals surface area contributed by atoms with Gasteiger partial charge in [-0.15, -0.1) is 6.58 Å². The van der Waals surface area contributed by atoms with Crippen LogP contribution in [0.5, 0.6) is 5.75 Å². The molecule has 0 radical (unpaired) electrons. The standard InChI is InChI=1S/C19H18ClN3.C7H8O.C3H6.C2H6/c1-3-14(7-6-9-15-8-4-5-10-21-15)16-11-18-19(12-17(16)20)23-13(2)22-18;1-6-2-4-7(8)5-3-6;1-3-2;1-2/h3-12,15,21H,1H2,2H3,(H,22,23);2-5,8H,1H3;3H,1H2,2H3;1-2H3/b9-6+,14-7+;;;. The molecule has 0 aliphatic carbocycles. The van der Waals surface area contributed by atoms with Crippen LogP contribution in [0.25, 0.3) is 16.6 Å². The van der Waals surface area contributed by atoms with E-state index in [0.29, 0.717) is 10.8 Å². The van der Waals surface area contributed by atoms with Gasteiger partial charge in [0.1, 0.15) is 11.6 Å². The van der Waals surface area contributed by atoms with Gasteiger partial charge < -0.3 is 15.4 Å². The van der Waals surface area contributed by atoms with Crippen molar-refractivity contribution < 1.29 is 5.11 Å². The number of hydrogen-bond acceptors (Lipinski definition) is 3. The van der Waals surface area contributed by atoms with Crippen LogP contribution in [0.2, 0.25) is 5.02 Å². The molecule has 2 aromatic carbocycles. The molecular formula is C31H38ClN3O. The fourth-order valence-corrected chi connectivity index (χ4v) is 3.32. The number of fused-ring (bicyclic) bond motifs is 1. The van der Waals surface area contributed by atoms with E-state index < -0.39 is 0 Å². The van der Waals surface area contributed by atoms with Crippen molar-refractivity contribution in [2.45, 2.75) is 40.7 Å². The number of benzene rings is 2. The van der Waals surface area contributed by atoms with Gasteiger partial charge in [-0.25, -0.2) is 4.98 Å². The lowest BCUT2D eigenvalue weighted by Gasteiger charge is -2.10. The fraction of sp³-hybridized carbons (Fsp3) is 0.194. The molecule has 36 heavy (non-hydrogen) atoms. The number of nitrogens with one attached hydrogen (secondary N) is 2. The molecule has 3 N–H and O–H groups in total. The smallest absolute Gasteiger partial charge is 0.115 e. The van der Waals surface area contributed by atoms with Crippen molar-refractivity contribution in [3.8, 4) is 5.75 Å². The van der Waals surface area contributed by atoms with Crippen LogP contribution in [0.3, 0.4) is 0 Å². The number of aromatic hydroxyl groups is 1. The van der Waals surface area contributed by atoms with Crippen molar-refractivity contribution in [1.29, 1.82) is 0 Å². The number of rotatable bonds is 4. The largest absolute Gasteiger partial charge is 0.508 e. The second-order valence-electron chi connectivity index (χ2n) is 7.56. The molecule has 4 nitrogen and oxygen atoms in total. The second kappa shape index (κ2) is 16.8. The second-order valence-corrected chi connectivity index (χ2v) is 7.97. The van der Waals surface area contributed by atoms with E-state index in [1.165, 1.54) is 5.56 Å². The molecule has 0 spiro atoms. The van der Waals surface area contributed by atoms with Gasteiger partial charge in [0, 0.05) is 5.56 Å². The molecule has 2 heterocycles. The number of halogens is 1. The molecule has 1 unspecified atom stereocenters. The lowest BCUT2D eigenvalue weighted by Crippen LogP contribution is -2.20.